The van der Waals surface area contributed by atoms with Crippen LogP contribution in [0.3, 0.4) is 0 Å². The second-order valence-electron chi connectivity index (χ2n) is 5.98. The van der Waals surface area contributed by atoms with Crippen LogP contribution >= 0.6 is 0 Å². The zero-order valence-electron chi connectivity index (χ0n) is 11.2. The van der Waals surface area contributed by atoms with Crippen molar-refractivity contribution in [3.05, 3.63) is 0 Å². The zero-order valence-corrected chi connectivity index (χ0v) is 11.2. The Morgan fingerprint density at radius 1 is 1.11 bits per heavy atom. The van der Waals surface area contributed by atoms with E-state index in [1.165, 1.54) is 25.7 Å². The lowest BCUT2D eigenvalue weighted by Gasteiger charge is -2.27. The van der Waals surface area contributed by atoms with Crippen molar-refractivity contribution in [1.82, 2.24) is 5.32 Å². The fourth-order valence-electron chi connectivity index (χ4n) is 3.06. The summed E-state index contributed by atoms with van der Waals surface area (Å²) in [7, 11) is 0. The molecule has 2 saturated carbocycles. The van der Waals surface area contributed by atoms with E-state index in [1.54, 1.807) is 0 Å². The van der Waals surface area contributed by atoms with Gasteiger partial charge in [-0.3, -0.25) is 0 Å². The molecule has 0 spiro atoms. The van der Waals surface area contributed by atoms with Crippen LogP contribution < -0.4 is 11.1 Å². The van der Waals surface area contributed by atoms with E-state index in [0.29, 0.717) is 12.6 Å². The third-order valence-electron chi connectivity index (χ3n) is 4.27. The maximum absolute atomic E-state index is 11.7. The molecule has 0 saturated heterocycles. The predicted octanol–water partition coefficient (Wildman–Crippen LogP) is 2.71. The number of rotatable bonds is 3. The molecule has 0 bridgehead atoms. The SMILES string of the molecule is NC1(COC(=O)NC2CCCC2)CCCCCC1. The van der Waals surface area contributed by atoms with Crippen LogP contribution in [0.4, 0.5) is 4.79 Å². The van der Waals surface area contributed by atoms with Crippen LogP contribution in [0, 0.1) is 0 Å². The number of hydrogen-bond acceptors (Lipinski definition) is 3. The van der Waals surface area contributed by atoms with Crippen molar-refractivity contribution >= 4 is 6.09 Å². The maximum Gasteiger partial charge on any atom is 0.407 e. The molecule has 0 aromatic rings. The molecule has 4 nitrogen and oxygen atoms in total. The molecule has 1 amide bonds. The van der Waals surface area contributed by atoms with Gasteiger partial charge in [0.25, 0.3) is 0 Å². The summed E-state index contributed by atoms with van der Waals surface area (Å²) in [6.07, 6.45) is 11.1. The van der Waals surface area contributed by atoms with Gasteiger partial charge in [0.2, 0.25) is 0 Å². The summed E-state index contributed by atoms with van der Waals surface area (Å²) >= 11 is 0. The molecule has 104 valence electrons. The summed E-state index contributed by atoms with van der Waals surface area (Å²) in [5, 5.41) is 2.93. The molecule has 0 atom stereocenters. The van der Waals surface area contributed by atoms with Crippen LogP contribution in [-0.2, 0) is 4.74 Å². The summed E-state index contributed by atoms with van der Waals surface area (Å²) in [5.41, 5.74) is 6.02. The number of nitrogens with one attached hydrogen (secondary N) is 1. The van der Waals surface area contributed by atoms with Crippen molar-refractivity contribution in [3.8, 4) is 0 Å². The van der Waals surface area contributed by atoms with Gasteiger partial charge in [0.15, 0.2) is 0 Å². The van der Waals surface area contributed by atoms with E-state index >= 15 is 0 Å². The molecular weight excluding hydrogens is 228 g/mol. The van der Waals surface area contributed by atoms with Gasteiger partial charge in [0, 0.05) is 6.04 Å². The number of ether oxygens (including phenoxy) is 1. The average Bonchev–Trinajstić information content (AvgIpc) is 2.75. The number of carbonyl (C=O) groups is 1. The highest BCUT2D eigenvalue weighted by molar-refractivity contribution is 5.67. The Morgan fingerprint density at radius 2 is 1.72 bits per heavy atom. The Hall–Kier alpha value is -0.770. The van der Waals surface area contributed by atoms with Gasteiger partial charge < -0.3 is 15.8 Å². The van der Waals surface area contributed by atoms with E-state index in [1.807, 2.05) is 0 Å². The molecule has 0 aromatic carbocycles. The number of carbonyl (C=O) groups excluding carboxylic acids is 1. The quantitative estimate of drug-likeness (QED) is 0.761. The Labute approximate surface area is 110 Å². The average molecular weight is 254 g/mol. The molecule has 2 aliphatic rings. The summed E-state index contributed by atoms with van der Waals surface area (Å²) in [4.78, 5) is 11.7. The highest BCUT2D eigenvalue weighted by Gasteiger charge is 2.28. The number of hydrogen-bond donors (Lipinski definition) is 2. The molecule has 3 N–H and O–H groups in total. The number of alkyl carbamates (subject to hydrolysis) is 1. The minimum atomic E-state index is -0.288. The van der Waals surface area contributed by atoms with Crippen molar-refractivity contribution in [1.29, 1.82) is 0 Å². The molecule has 2 aliphatic carbocycles. The Bertz CT molecular complexity index is 267. The van der Waals surface area contributed by atoms with E-state index in [9.17, 15) is 4.79 Å². The lowest BCUT2D eigenvalue weighted by Crippen LogP contribution is -2.46. The van der Waals surface area contributed by atoms with Gasteiger partial charge in [-0.15, -0.1) is 0 Å². The topological polar surface area (TPSA) is 64.3 Å². The van der Waals surface area contributed by atoms with Gasteiger partial charge in [-0.05, 0) is 25.7 Å². The first kappa shape index (κ1) is 13.7. The third-order valence-corrected chi connectivity index (χ3v) is 4.27. The second kappa shape index (κ2) is 6.41. The summed E-state index contributed by atoms with van der Waals surface area (Å²) in [5.74, 6) is 0. The largest absolute Gasteiger partial charge is 0.448 e. The minimum Gasteiger partial charge on any atom is -0.448 e. The summed E-state index contributed by atoms with van der Waals surface area (Å²) in [6.45, 7) is 0.367. The molecule has 18 heavy (non-hydrogen) atoms. The van der Waals surface area contributed by atoms with Gasteiger partial charge in [-0.1, -0.05) is 38.5 Å². The van der Waals surface area contributed by atoms with E-state index in [4.69, 9.17) is 10.5 Å². The van der Waals surface area contributed by atoms with E-state index in [0.717, 1.165) is 38.5 Å². The molecule has 2 fully saturated rings. The molecule has 2 rings (SSSR count). The smallest absolute Gasteiger partial charge is 0.407 e. The Balaban J connectivity index is 1.70. The molecule has 0 aromatic heterocycles. The first-order valence-electron chi connectivity index (χ1n) is 7.40. The lowest BCUT2D eigenvalue weighted by molar-refractivity contribution is 0.107. The fourth-order valence-corrected chi connectivity index (χ4v) is 3.06. The second-order valence-corrected chi connectivity index (χ2v) is 5.98. The summed E-state index contributed by atoms with van der Waals surface area (Å²) in [6, 6.07) is 0.320. The predicted molar refractivity (Wildman–Crippen MR) is 71.4 cm³/mol. The molecule has 4 heteroatoms. The lowest BCUT2D eigenvalue weighted by atomic mass is 9.93. The molecule has 0 aliphatic heterocycles. The zero-order chi connectivity index (χ0) is 12.8. The Morgan fingerprint density at radius 3 is 2.33 bits per heavy atom. The van der Waals surface area contributed by atoms with Crippen molar-refractivity contribution in [2.75, 3.05) is 6.61 Å². The standard InChI is InChI=1S/C14H26N2O2/c15-14(9-5-1-2-6-10-14)11-18-13(17)16-12-7-3-4-8-12/h12H,1-11,15H2,(H,16,17). The van der Waals surface area contributed by atoms with Crippen LogP contribution in [0.1, 0.15) is 64.2 Å². The van der Waals surface area contributed by atoms with Gasteiger partial charge in [0.1, 0.15) is 6.61 Å². The van der Waals surface area contributed by atoms with Gasteiger partial charge in [0.05, 0.1) is 5.54 Å². The molecule has 0 unspecified atom stereocenters. The molecular formula is C14H26N2O2. The van der Waals surface area contributed by atoms with E-state index in [2.05, 4.69) is 5.32 Å². The van der Waals surface area contributed by atoms with Gasteiger partial charge in [-0.25, -0.2) is 4.79 Å². The van der Waals surface area contributed by atoms with Crippen molar-refractivity contribution in [3.63, 3.8) is 0 Å². The monoisotopic (exact) mass is 254 g/mol. The van der Waals surface area contributed by atoms with Gasteiger partial charge >= 0.3 is 6.09 Å². The van der Waals surface area contributed by atoms with Crippen LogP contribution in [0.2, 0.25) is 0 Å². The normalized spacial score (nSPS) is 24.5. The number of nitrogens with two attached hydrogens (primary N) is 1. The Kier molecular flexibility index (Phi) is 4.87. The van der Waals surface area contributed by atoms with Crippen molar-refractivity contribution in [2.24, 2.45) is 5.73 Å². The summed E-state index contributed by atoms with van der Waals surface area (Å²) < 4.78 is 5.33. The molecule has 0 heterocycles. The fraction of sp³-hybridized carbons (Fsp3) is 0.929. The number of amides is 1. The minimum absolute atomic E-state index is 0.282. The third kappa shape index (κ3) is 4.16. The van der Waals surface area contributed by atoms with Crippen LogP contribution in [0.25, 0.3) is 0 Å². The van der Waals surface area contributed by atoms with Crippen LogP contribution in [-0.4, -0.2) is 24.3 Å². The van der Waals surface area contributed by atoms with Crippen LogP contribution in [0.5, 0.6) is 0 Å². The molecule has 0 radical (unpaired) electrons. The van der Waals surface area contributed by atoms with Gasteiger partial charge in [-0.2, -0.15) is 0 Å². The highest BCUT2D eigenvalue weighted by atomic mass is 16.5. The van der Waals surface area contributed by atoms with E-state index in [-0.39, 0.29) is 11.6 Å². The maximum atomic E-state index is 11.7. The van der Waals surface area contributed by atoms with Crippen molar-refractivity contribution in [2.45, 2.75) is 75.8 Å². The first-order chi connectivity index (χ1) is 8.68. The van der Waals surface area contributed by atoms with E-state index < -0.39 is 0 Å². The van der Waals surface area contributed by atoms with Crippen molar-refractivity contribution < 1.29 is 9.53 Å². The highest BCUT2D eigenvalue weighted by Crippen LogP contribution is 2.25. The van der Waals surface area contributed by atoms with Crippen LogP contribution in [0.15, 0.2) is 0 Å². The first-order valence-corrected chi connectivity index (χ1v) is 7.40.